The lowest BCUT2D eigenvalue weighted by Crippen LogP contribution is -2.37. The number of ether oxygens (including phenoxy) is 1. The minimum atomic E-state index is -0.654. The van der Waals surface area contributed by atoms with Crippen molar-refractivity contribution < 1.29 is 8.95 Å². The van der Waals surface area contributed by atoms with Crippen LogP contribution in [0.15, 0.2) is 18.2 Å². The van der Waals surface area contributed by atoms with E-state index in [0.717, 1.165) is 42.5 Å². The monoisotopic (exact) mass is 268 g/mol. The lowest BCUT2D eigenvalue weighted by Gasteiger charge is -2.29. The molecule has 1 heterocycles. The van der Waals surface area contributed by atoms with Crippen LogP contribution in [0.2, 0.25) is 0 Å². The van der Waals surface area contributed by atoms with Crippen LogP contribution in [0, 0.1) is 0 Å². The zero-order valence-corrected chi connectivity index (χ0v) is 11.5. The SMILES string of the molecule is CCCOc1cc(N)cc(N2CCS(=O)CC2)c1. The summed E-state index contributed by atoms with van der Waals surface area (Å²) in [6.45, 7) is 4.42. The standard InChI is InChI=1S/C13H20N2O2S/c1-2-5-17-13-9-11(14)8-12(10-13)15-3-6-18(16)7-4-15/h8-10H,2-7,14H2,1H3. The Morgan fingerprint density at radius 1 is 1.33 bits per heavy atom. The molecule has 0 bridgehead atoms. The average Bonchev–Trinajstić information content (AvgIpc) is 2.36. The zero-order chi connectivity index (χ0) is 13.0. The van der Waals surface area contributed by atoms with E-state index in [2.05, 4.69) is 11.8 Å². The lowest BCUT2D eigenvalue weighted by molar-refractivity contribution is 0.317. The van der Waals surface area contributed by atoms with Crippen molar-refractivity contribution in [1.29, 1.82) is 0 Å². The van der Waals surface area contributed by atoms with Crippen LogP contribution in [0.3, 0.4) is 0 Å². The van der Waals surface area contributed by atoms with Crippen molar-refractivity contribution >= 4 is 22.2 Å². The second kappa shape index (κ2) is 6.09. The molecule has 0 unspecified atom stereocenters. The number of hydrogen-bond donors (Lipinski definition) is 1. The number of nitrogen functional groups attached to an aromatic ring is 1. The van der Waals surface area contributed by atoms with Gasteiger partial charge in [0, 0.05) is 58.9 Å². The first-order valence-corrected chi connectivity index (χ1v) is 7.81. The van der Waals surface area contributed by atoms with Gasteiger partial charge in [0.1, 0.15) is 5.75 Å². The van der Waals surface area contributed by atoms with Crippen LogP contribution < -0.4 is 15.4 Å². The van der Waals surface area contributed by atoms with Crippen LogP contribution in [-0.4, -0.2) is 35.4 Å². The first kappa shape index (κ1) is 13.2. The molecule has 4 nitrogen and oxygen atoms in total. The topological polar surface area (TPSA) is 55.6 Å². The summed E-state index contributed by atoms with van der Waals surface area (Å²) in [7, 11) is -0.654. The Morgan fingerprint density at radius 3 is 2.72 bits per heavy atom. The molecule has 18 heavy (non-hydrogen) atoms. The third-order valence-corrected chi connectivity index (χ3v) is 4.21. The Labute approximate surface area is 111 Å². The zero-order valence-electron chi connectivity index (χ0n) is 10.7. The second-order valence-corrected chi connectivity index (χ2v) is 6.14. The summed E-state index contributed by atoms with van der Waals surface area (Å²) >= 11 is 0. The second-order valence-electron chi connectivity index (χ2n) is 4.44. The van der Waals surface area contributed by atoms with Gasteiger partial charge in [0.15, 0.2) is 0 Å². The fraction of sp³-hybridized carbons (Fsp3) is 0.538. The predicted octanol–water partition coefficient (Wildman–Crippen LogP) is 1.63. The Kier molecular flexibility index (Phi) is 4.47. The maximum Gasteiger partial charge on any atom is 0.123 e. The molecule has 1 fully saturated rings. The maximum atomic E-state index is 11.4. The Balaban J connectivity index is 2.11. The molecule has 100 valence electrons. The molecule has 0 radical (unpaired) electrons. The van der Waals surface area contributed by atoms with Gasteiger partial charge in [-0.25, -0.2) is 0 Å². The number of anilines is 2. The summed E-state index contributed by atoms with van der Waals surface area (Å²) < 4.78 is 17.0. The van der Waals surface area contributed by atoms with Gasteiger partial charge in [0.2, 0.25) is 0 Å². The van der Waals surface area contributed by atoms with Gasteiger partial charge in [-0.1, -0.05) is 6.92 Å². The van der Waals surface area contributed by atoms with Crippen LogP contribution in [-0.2, 0) is 10.8 Å². The minimum Gasteiger partial charge on any atom is -0.493 e. The first-order valence-electron chi connectivity index (χ1n) is 6.32. The molecule has 0 saturated carbocycles. The van der Waals surface area contributed by atoms with Crippen LogP contribution in [0.25, 0.3) is 0 Å². The number of rotatable bonds is 4. The van der Waals surface area contributed by atoms with Gasteiger partial charge in [-0.3, -0.25) is 4.21 Å². The number of nitrogens with two attached hydrogens (primary N) is 1. The summed E-state index contributed by atoms with van der Waals surface area (Å²) in [5.41, 5.74) is 7.68. The molecule has 1 saturated heterocycles. The van der Waals surface area contributed by atoms with Crippen molar-refractivity contribution in [3.05, 3.63) is 18.2 Å². The molecule has 0 atom stereocenters. The Bertz CT molecular complexity index is 427. The molecule has 0 aromatic heterocycles. The first-order chi connectivity index (χ1) is 8.69. The van der Waals surface area contributed by atoms with Crippen LogP contribution in [0.5, 0.6) is 5.75 Å². The van der Waals surface area contributed by atoms with Crippen molar-refractivity contribution in [2.45, 2.75) is 13.3 Å². The number of benzene rings is 1. The van der Waals surface area contributed by atoms with Gasteiger partial charge in [-0.2, -0.15) is 0 Å². The molecule has 1 aromatic rings. The Morgan fingerprint density at radius 2 is 2.06 bits per heavy atom. The van der Waals surface area contributed by atoms with Gasteiger partial charge in [0.25, 0.3) is 0 Å². The highest BCUT2D eigenvalue weighted by molar-refractivity contribution is 7.85. The third-order valence-electron chi connectivity index (χ3n) is 2.93. The highest BCUT2D eigenvalue weighted by Gasteiger charge is 2.16. The molecule has 0 aliphatic carbocycles. The van der Waals surface area contributed by atoms with Gasteiger partial charge in [-0.05, 0) is 12.5 Å². The highest BCUT2D eigenvalue weighted by atomic mass is 32.2. The summed E-state index contributed by atoms with van der Waals surface area (Å²) in [6, 6.07) is 5.81. The van der Waals surface area contributed by atoms with Gasteiger partial charge >= 0.3 is 0 Å². The molecule has 1 aliphatic heterocycles. The van der Waals surface area contributed by atoms with E-state index in [-0.39, 0.29) is 0 Å². The maximum absolute atomic E-state index is 11.4. The number of nitrogens with zero attached hydrogens (tertiary/aromatic N) is 1. The quantitative estimate of drug-likeness (QED) is 0.843. The van der Waals surface area contributed by atoms with E-state index in [0.29, 0.717) is 12.3 Å². The van der Waals surface area contributed by atoms with Gasteiger partial charge in [-0.15, -0.1) is 0 Å². The van der Waals surface area contributed by atoms with Crippen molar-refractivity contribution in [3.63, 3.8) is 0 Å². The van der Waals surface area contributed by atoms with Crippen molar-refractivity contribution in [1.82, 2.24) is 0 Å². The summed E-state index contributed by atoms with van der Waals surface area (Å²) in [5, 5.41) is 0. The lowest BCUT2D eigenvalue weighted by atomic mass is 10.2. The van der Waals surface area contributed by atoms with E-state index in [1.165, 1.54) is 0 Å². The van der Waals surface area contributed by atoms with E-state index in [9.17, 15) is 4.21 Å². The summed E-state index contributed by atoms with van der Waals surface area (Å²) in [6.07, 6.45) is 0.979. The van der Waals surface area contributed by atoms with E-state index in [4.69, 9.17) is 10.5 Å². The fourth-order valence-electron chi connectivity index (χ4n) is 1.99. The van der Waals surface area contributed by atoms with E-state index in [1.807, 2.05) is 18.2 Å². The minimum absolute atomic E-state index is 0.654. The molecule has 1 aliphatic rings. The van der Waals surface area contributed by atoms with E-state index < -0.39 is 10.8 Å². The molecule has 1 aromatic carbocycles. The predicted molar refractivity (Wildman–Crippen MR) is 76.7 cm³/mol. The Hall–Kier alpha value is -1.23. The summed E-state index contributed by atoms with van der Waals surface area (Å²) in [5.74, 6) is 2.29. The third kappa shape index (κ3) is 3.38. The average molecular weight is 268 g/mol. The molecule has 0 amide bonds. The smallest absolute Gasteiger partial charge is 0.123 e. The summed E-state index contributed by atoms with van der Waals surface area (Å²) in [4.78, 5) is 2.22. The number of hydrogen-bond acceptors (Lipinski definition) is 4. The van der Waals surface area contributed by atoms with Crippen molar-refractivity contribution in [2.24, 2.45) is 0 Å². The molecule has 2 N–H and O–H groups in total. The van der Waals surface area contributed by atoms with Crippen LogP contribution in [0.4, 0.5) is 11.4 Å². The van der Waals surface area contributed by atoms with Crippen LogP contribution in [0.1, 0.15) is 13.3 Å². The van der Waals surface area contributed by atoms with Gasteiger partial charge in [0.05, 0.1) is 6.61 Å². The molecule has 2 rings (SSSR count). The fourth-order valence-corrected chi connectivity index (χ4v) is 3.04. The molecular weight excluding hydrogens is 248 g/mol. The highest BCUT2D eigenvalue weighted by Crippen LogP contribution is 2.26. The van der Waals surface area contributed by atoms with Crippen molar-refractivity contribution in [3.8, 4) is 5.75 Å². The molecule has 0 spiro atoms. The van der Waals surface area contributed by atoms with E-state index in [1.54, 1.807) is 0 Å². The van der Waals surface area contributed by atoms with Gasteiger partial charge < -0.3 is 15.4 Å². The van der Waals surface area contributed by atoms with Crippen molar-refractivity contribution in [2.75, 3.05) is 41.8 Å². The normalized spacial score (nSPS) is 16.8. The molecular formula is C13H20N2O2S. The molecule has 5 heteroatoms. The largest absolute Gasteiger partial charge is 0.493 e. The van der Waals surface area contributed by atoms with E-state index >= 15 is 0 Å². The van der Waals surface area contributed by atoms with Crippen LogP contribution >= 0.6 is 0 Å².